The molecule has 4 atom stereocenters. The first-order valence-electron chi connectivity index (χ1n) is 6.11. The van der Waals surface area contributed by atoms with E-state index in [9.17, 15) is 0 Å². The maximum atomic E-state index is 6.48. The van der Waals surface area contributed by atoms with E-state index in [1.54, 1.807) is 0 Å². The predicted molar refractivity (Wildman–Crippen MR) is 68.3 cm³/mol. The van der Waals surface area contributed by atoms with E-state index in [0.717, 1.165) is 12.8 Å². The van der Waals surface area contributed by atoms with Gasteiger partial charge in [0.2, 0.25) is 9.04 Å². The van der Waals surface area contributed by atoms with Crippen molar-refractivity contribution in [3.63, 3.8) is 0 Å². The smallest absolute Gasteiger partial charge is 0.205 e. The summed E-state index contributed by atoms with van der Waals surface area (Å²) in [6, 6.07) is 0. The van der Waals surface area contributed by atoms with Gasteiger partial charge >= 0.3 is 0 Å². The number of hydrogen-bond acceptors (Lipinski definition) is 2. The van der Waals surface area contributed by atoms with Crippen molar-refractivity contribution in [2.75, 3.05) is 0 Å². The van der Waals surface area contributed by atoms with Crippen LogP contribution in [0.25, 0.3) is 0 Å². The summed E-state index contributed by atoms with van der Waals surface area (Å²) in [7, 11) is -0.669. The summed E-state index contributed by atoms with van der Waals surface area (Å²) in [5.74, 6) is 0.454. The molecule has 0 saturated carbocycles. The van der Waals surface area contributed by atoms with Crippen LogP contribution in [0.3, 0.4) is 0 Å². The second kappa shape index (κ2) is 3.97. The van der Waals surface area contributed by atoms with Gasteiger partial charge in [-0.05, 0) is 32.4 Å². The Labute approximate surface area is 105 Å². The topological polar surface area (TPSA) is 18.5 Å². The summed E-state index contributed by atoms with van der Waals surface area (Å²) in [5.41, 5.74) is -0.309. The number of rotatable bonds is 3. The van der Waals surface area contributed by atoms with Gasteiger partial charge in [-0.2, -0.15) is 0 Å². The monoisotopic (exact) mass is 261 g/mol. The average Bonchev–Trinajstić information content (AvgIpc) is 2.52. The molecule has 0 N–H and O–H groups in total. The maximum Gasteiger partial charge on any atom is 0.205 e. The normalized spacial score (nSPS) is 47.2. The average molecular weight is 262 g/mol. The van der Waals surface area contributed by atoms with E-state index in [2.05, 4.69) is 33.9 Å². The van der Waals surface area contributed by atoms with Crippen LogP contribution in [0.1, 0.15) is 33.6 Å². The van der Waals surface area contributed by atoms with Gasteiger partial charge < -0.3 is 9.16 Å². The van der Waals surface area contributed by atoms with Crippen molar-refractivity contribution in [2.24, 2.45) is 5.92 Å². The number of ether oxygens (including phenoxy) is 1. The van der Waals surface area contributed by atoms with Crippen molar-refractivity contribution in [3.8, 4) is 0 Å². The minimum Gasteiger partial charge on any atom is -0.411 e. The van der Waals surface area contributed by atoms with Crippen LogP contribution in [0.2, 0.25) is 13.1 Å². The molecule has 2 aliphatic rings. The molecule has 4 heteroatoms. The molecule has 0 amide bonds. The van der Waals surface area contributed by atoms with Crippen LogP contribution >= 0.6 is 11.6 Å². The summed E-state index contributed by atoms with van der Waals surface area (Å²) >= 11 is 6.48. The minimum atomic E-state index is -0.669. The first-order valence-corrected chi connectivity index (χ1v) is 8.96. The number of fused-ring (bicyclic) bond motifs is 2. The van der Waals surface area contributed by atoms with Gasteiger partial charge in [0.15, 0.2) is 0 Å². The molecular formula is C12H22ClO2Si. The zero-order chi connectivity index (χ0) is 12.1. The van der Waals surface area contributed by atoms with E-state index in [1.165, 1.54) is 0 Å². The van der Waals surface area contributed by atoms with E-state index in [4.69, 9.17) is 20.8 Å². The fraction of sp³-hybridized carbons (Fsp3) is 1.00. The van der Waals surface area contributed by atoms with Crippen LogP contribution < -0.4 is 0 Å². The molecule has 0 aromatic rings. The Kier molecular flexibility index (Phi) is 3.20. The molecule has 16 heavy (non-hydrogen) atoms. The minimum absolute atomic E-state index is 0.140. The zero-order valence-corrected chi connectivity index (χ0v) is 12.6. The molecular weight excluding hydrogens is 240 g/mol. The molecule has 0 aliphatic carbocycles. The molecule has 0 aromatic carbocycles. The fourth-order valence-electron chi connectivity index (χ4n) is 3.11. The summed E-state index contributed by atoms with van der Waals surface area (Å²) in [6.45, 7) is 10.9. The van der Waals surface area contributed by atoms with E-state index in [1.807, 2.05) is 0 Å². The van der Waals surface area contributed by atoms with Crippen LogP contribution in [-0.2, 0) is 9.16 Å². The Bertz CT molecular complexity index is 284. The van der Waals surface area contributed by atoms with Crippen molar-refractivity contribution in [1.29, 1.82) is 0 Å². The van der Waals surface area contributed by atoms with Crippen molar-refractivity contribution in [1.82, 2.24) is 0 Å². The van der Waals surface area contributed by atoms with Crippen LogP contribution in [0.5, 0.6) is 0 Å². The fourth-order valence-corrected chi connectivity index (χ4v) is 4.70. The van der Waals surface area contributed by atoms with Crippen molar-refractivity contribution < 1.29 is 9.16 Å². The highest BCUT2D eigenvalue weighted by atomic mass is 35.5. The van der Waals surface area contributed by atoms with Gasteiger partial charge in [-0.15, -0.1) is 11.6 Å². The van der Waals surface area contributed by atoms with E-state index in [0.29, 0.717) is 5.92 Å². The summed E-state index contributed by atoms with van der Waals surface area (Å²) in [5, 5.41) is 0.140. The summed E-state index contributed by atoms with van der Waals surface area (Å²) < 4.78 is 12.4. The molecule has 2 fully saturated rings. The lowest BCUT2D eigenvalue weighted by Crippen LogP contribution is -2.46. The van der Waals surface area contributed by atoms with Gasteiger partial charge in [0.25, 0.3) is 0 Å². The molecule has 0 unspecified atom stereocenters. The van der Waals surface area contributed by atoms with Crippen LogP contribution in [0, 0.1) is 5.92 Å². The van der Waals surface area contributed by atoms with Gasteiger partial charge in [0.1, 0.15) is 0 Å². The van der Waals surface area contributed by atoms with Gasteiger partial charge in [0.05, 0.1) is 22.7 Å². The lowest BCUT2D eigenvalue weighted by atomic mass is 9.75. The highest BCUT2D eigenvalue weighted by molar-refractivity contribution is 6.48. The molecule has 2 rings (SSSR count). The Morgan fingerprint density at radius 2 is 2.00 bits per heavy atom. The van der Waals surface area contributed by atoms with Crippen LogP contribution in [-0.4, -0.2) is 31.7 Å². The van der Waals surface area contributed by atoms with E-state index < -0.39 is 9.04 Å². The van der Waals surface area contributed by atoms with Crippen LogP contribution in [0.15, 0.2) is 0 Å². The van der Waals surface area contributed by atoms with Gasteiger partial charge in [-0.3, -0.25) is 0 Å². The first kappa shape index (κ1) is 12.9. The Balaban J connectivity index is 2.20. The molecule has 2 heterocycles. The Morgan fingerprint density at radius 3 is 2.44 bits per heavy atom. The quantitative estimate of drug-likeness (QED) is 0.574. The molecule has 2 bridgehead atoms. The van der Waals surface area contributed by atoms with Gasteiger partial charge in [-0.25, -0.2) is 0 Å². The molecule has 0 spiro atoms. The molecule has 2 nitrogen and oxygen atoms in total. The zero-order valence-electron chi connectivity index (χ0n) is 10.8. The number of halogens is 1. The van der Waals surface area contributed by atoms with E-state index >= 15 is 0 Å². The lowest BCUT2D eigenvalue weighted by Gasteiger charge is -2.36. The first-order chi connectivity index (χ1) is 7.30. The summed E-state index contributed by atoms with van der Waals surface area (Å²) in [6.07, 6.45) is 2.13. The van der Waals surface area contributed by atoms with Crippen LogP contribution in [0.4, 0.5) is 0 Å². The highest BCUT2D eigenvalue weighted by Gasteiger charge is 2.65. The van der Waals surface area contributed by atoms with Crippen molar-refractivity contribution in [2.45, 2.75) is 69.4 Å². The third kappa shape index (κ3) is 1.76. The van der Waals surface area contributed by atoms with Crippen molar-refractivity contribution in [3.05, 3.63) is 0 Å². The van der Waals surface area contributed by atoms with Crippen molar-refractivity contribution >= 4 is 20.6 Å². The second-order valence-corrected chi connectivity index (χ2v) is 8.49. The molecule has 0 aromatic heterocycles. The SMILES string of the molecule is CC(C)[C@]12C[C@@H](O[Si](C)C)[C@](C)(C[C@@H]1Cl)O2. The Morgan fingerprint density at radius 1 is 1.38 bits per heavy atom. The van der Waals surface area contributed by atoms with Gasteiger partial charge in [0, 0.05) is 6.42 Å². The predicted octanol–water partition coefficient (Wildman–Crippen LogP) is 3.21. The summed E-state index contributed by atoms with van der Waals surface area (Å²) in [4.78, 5) is 0. The highest BCUT2D eigenvalue weighted by Crippen LogP contribution is 2.57. The Hall–Kier alpha value is 0.427. The lowest BCUT2D eigenvalue weighted by molar-refractivity contribution is -0.0766. The number of alkyl halides is 1. The molecule has 2 saturated heterocycles. The largest absolute Gasteiger partial charge is 0.411 e. The molecule has 2 aliphatic heterocycles. The van der Waals surface area contributed by atoms with Gasteiger partial charge in [-0.1, -0.05) is 13.8 Å². The maximum absolute atomic E-state index is 6.48. The molecule has 93 valence electrons. The third-order valence-electron chi connectivity index (χ3n) is 4.08. The second-order valence-electron chi connectivity index (χ2n) is 5.91. The standard InChI is InChI=1S/C12H22ClO2Si/c1-8(2)12-7-10(14-16(4)5)11(3,15-12)6-9(12)13/h8-10H,6-7H2,1-5H3/t9-,10+,11-,12+/m0/s1. The van der Waals surface area contributed by atoms with E-state index in [-0.39, 0.29) is 22.7 Å². The number of hydrogen-bond donors (Lipinski definition) is 0. The third-order valence-corrected chi connectivity index (χ3v) is 5.36. The molecule has 1 radical (unpaired) electrons.